The molecule has 3 heterocycles. The Balaban J connectivity index is 1.56. The van der Waals surface area contributed by atoms with Gasteiger partial charge >= 0.3 is 0 Å². The Bertz CT molecular complexity index is 985. The molecule has 152 valence electrons. The third-order valence-corrected chi connectivity index (χ3v) is 6.31. The predicted molar refractivity (Wildman–Crippen MR) is 116 cm³/mol. The molecule has 0 bridgehead atoms. The van der Waals surface area contributed by atoms with Crippen LogP contribution in [0.3, 0.4) is 0 Å². The fraction of sp³-hybridized carbons (Fsp3) is 0.300. The monoisotopic (exact) mass is 450 g/mol. The maximum atomic E-state index is 12.9. The van der Waals surface area contributed by atoms with Gasteiger partial charge in [-0.05, 0) is 35.7 Å². The lowest BCUT2D eigenvalue weighted by atomic mass is 10.2. The molecule has 1 fully saturated rings. The van der Waals surface area contributed by atoms with E-state index in [0.29, 0.717) is 28.0 Å². The van der Waals surface area contributed by atoms with Gasteiger partial charge in [0, 0.05) is 26.2 Å². The van der Waals surface area contributed by atoms with Gasteiger partial charge in [-0.3, -0.25) is 9.69 Å². The fourth-order valence-electron chi connectivity index (χ4n) is 3.14. The van der Waals surface area contributed by atoms with Crippen molar-refractivity contribution in [3.05, 3.63) is 57.5 Å². The molecule has 4 rings (SSSR count). The van der Waals surface area contributed by atoms with Crippen LogP contribution < -0.4 is 5.32 Å². The molecular formula is C20H20Cl2N4O2S. The van der Waals surface area contributed by atoms with E-state index in [2.05, 4.69) is 15.3 Å². The number of aromatic nitrogens is 2. The summed E-state index contributed by atoms with van der Waals surface area (Å²) < 4.78 is 6.97. The van der Waals surface area contributed by atoms with Crippen LogP contribution in [0.25, 0.3) is 16.3 Å². The molecule has 1 aromatic carbocycles. The van der Waals surface area contributed by atoms with Gasteiger partial charge in [0.05, 0.1) is 33.8 Å². The van der Waals surface area contributed by atoms with Crippen molar-refractivity contribution in [2.45, 2.75) is 0 Å². The second-order valence-corrected chi connectivity index (χ2v) is 8.37. The van der Waals surface area contributed by atoms with Crippen LogP contribution in [0.4, 0.5) is 0 Å². The number of thiophene rings is 1. The summed E-state index contributed by atoms with van der Waals surface area (Å²) >= 11 is 13.8. The van der Waals surface area contributed by atoms with E-state index in [4.69, 9.17) is 27.9 Å². The summed E-state index contributed by atoms with van der Waals surface area (Å²) in [5.74, 6) is -0.181. The average molecular weight is 451 g/mol. The fourth-order valence-corrected chi connectivity index (χ4v) is 4.12. The van der Waals surface area contributed by atoms with E-state index >= 15 is 0 Å². The summed E-state index contributed by atoms with van der Waals surface area (Å²) in [6.07, 6.45) is 0. The highest BCUT2D eigenvalue weighted by atomic mass is 35.5. The normalized spacial score (nSPS) is 14.8. The molecule has 0 aliphatic carbocycles. The van der Waals surface area contributed by atoms with Gasteiger partial charge < -0.3 is 10.1 Å². The highest BCUT2D eigenvalue weighted by Crippen LogP contribution is 2.28. The number of hydrogen-bond donors (Lipinski definition) is 1. The predicted octanol–water partition coefficient (Wildman–Crippen LogP) is 3.97. The molecule has 0 saturated carbocycles. The second kappa shape index (κ2) is 9.28. The van der Waals surface area contributed by atoms with Crippen LogP contribution >= 0.6 is 34.5 Å². The van der Waals surface area contributed by atoms with Crippen molar-refractivity contribution < 1.29 is 9.53 Å². The number of carbonyl (C=O) groups excluding carboxylic acids is 1. The Morgan fingerprint density at radius 1 is 1.17 bits per heavy atom. The molecule has 0 spiro atoms. The second-order valence-electron chi connectivity index (χ2n) is 6.61. The number of nitrogens with zero attached hydrogens (tertiary/aromatic N) is 3. The molecule has 0 unspecified atom stereocenters. The quantitative estimate of drug-likeness (QED) is 0.616. The van der Waals surface area contributed by atoms with Gasteiger partial charge in [0.1, 0.15) is 11.4 Å². The van der Waals surface area contributed by atoms with Crippen LogP contribution in [0.2, 0.25) is 10.0 Å². The van der Waals surface area contributed by atoms with Crippen LogP contribution in [0.5, 0.6) is 0 Å². The van der Waals surface area contributed by atoms with Crippen molar-refractivity contribution in [3.63, 3.8) is 0 Å². The number of rotatable bonds is 6. The first-order chi connectivity index (χ1) is 14.1. The van der Waals surface area contributed by atoms with Crippen LogP contribution in [0.1, 0.15) is 10.5 Å². The molecule has 6 nitrogen and oxygen atoms in total. The van der Waals surface area contributed by atoms with Crippen molar-refractivity contribution in [2.24, 2.45) is 0 Å². The summed E-state index contributed by atoms with van der Waals surface area (Å²) in [6, 6.07) is 10.9. The van der Waals surface area contributed by atoms with Gasteiger partial charge in [-0.25, -0.2) is 4.68 Å². The number of amides is 1. The number of nitrogens with one attached hydrogen (secondary N) is 1. The molecule has 1 aliphatic rings. The summed E-state index contributed by atoms with van der Waals surface area (Å²) in [6.45, 7) is 4.59. The summed E-state index contributed by atoms with van der Waals surface area (Å²) in [5.41, 5.74) is 1.87. The highest BCUT2D eigenvalue weighted by Gasteiger charge is 2.19. The maximum absolute atomic E-state index is 12.9. The van der Waals surface area contributed by atoms with E-state index in [0.717, 1.165) is 43.4 Å². The van der Waals surface area contributed by atoms with Crippen molar-refractivity contribution in [1.82, 2.24) is 20.0 Å². The molecule has 1 aliphatic heterocycles. The lowest BCUT2D eigenvalue weighted by Gasteiger charge is -2.26. The first-order valence-corrected chi connectivity index (χ1v) is 10.9. The number of halogens is 2. The Morgan fingerprint density at radius 2 is 2.00 bits per heavy atom. The van der Waals surface area contributed by atoms with E-state index in [1.165, 1.54) is 0 Å². The van der Waals surface area contributed by atoms with Crippen molar-refractivity contribution in [1.29, 1.82) is 0 Å². The SMILES string of the molecule is O=C(NCCN1CCOCC1)c1cc(-c2cccs2)nn1-c1ccc(Cl)c(Cl)c1. The topological polar surface area (TPSA) is 59.4 Å². The van der Waals surface area contributed by atoms with E-state index in [9.17, 15) is 4.79 Å². The first kappa shape index (κ1) is 20.4. The zero-order valence-electron chi connectivity index (χ0n) is 15.6. The van der Waals surface area contributed by atoms with Gasteiger partial charge in [-0.15, -0.1) is 11.3 Å². The number of hydrogen-bond acceptors (Lipinski definition) is 5. The molecule has 9 heteroatoms. The zero-order valence-corrected chi connectivity index (χ0v) is 17.9. The molecule has 1 N–H and O–H groups in total. The smallest absolute Gasteiger partial charge is 0.270 e. The van der Waals surface area contributed by atoms with Crippen LogP contribution in [-0.4, -0.2) is 60.0 Å². The molecule has 0 radical (unpaired) electrons. The van der Waals surface area contributed by atoms with Crippen LogP contribution in [-0.2, 0) is 4.74 Å². The Kier molecular flexibility index (Phi) is 6.52. The number of carbonyl (C=O) groups is 1. The number of benzene rings is 1. The van der Waals surface area contributed by atoms with Gasteiger partial charge in [-0.2, -0.15) is 5.10 Å². The van der Waals surface area contributed by atoms with E-state index in [1.54, 1.807) is 40.3 Å². The molecule has 3 aromatic rings. The minimum atomic E-state index is -0.181. The van der Waals surface area contributed by atoms with Crippen LogP contribution in [0, 0.1) is 0 Å². The zero-order chi connectivity index (χ0) is 20.2. The van der Waals surface area contributed by atoms with E-state index in [-0.39, 0.29) is 5.91 Å². The largest absolute Gasteiger partial charge is 0.379 e. The average Bonchev–Trinajstić information content (AvgIpc) is 3.40. The van der Waals surface area contributed by atoms with Crippen molar-refractivity contribution in [2.75, 3.05) is 39.4 Å². The first-order valence-electron chi connectivity index (χ1n) is 9.29. The standard InChI is InChI=1S/C20H20Cl2N4O2S/c21-15-4-3-14(12-16(15)22)26-18(13-17(24-26)19-2-1-11-29-19)20(27)23-5-6-25-7-9-28-10-8-25/h1-4,11-13H,5-10H2,(H,23,27). The van der Waals surface area contributed by atoms with Gasteiger partial charge in [0.25, 0.3) is 5.91 Å². The highest BCUT2D eigenvalue weighted by molar-refractivity contribution is 7.13. The van der Waals surface area contributed by atoms with E-state index in [1.807, 2.05) is 17.5 Å². The number of morpholine rings is 1. The minimum Gasteiger partial charge on any atom is -0.379 e. The summed E-state index contributed by atoms with van der Waals surface area (Å²) in [4.78, 5) is 16.2. The molecule has 1 amide bonds. The van der Waals surface area contributed by atoms with E-state index < -0.39 is 0 Å². The molecule has 1 saturated heterocycles. The van der Waals surface area contributed by atoms with Crippen molar-refractivity contribution in [3.8, 4) is 16.3 Å². The third kappa shape index (κ3) is 4.82. The molecule has 29 heavy (non-hydrogen) atoms. The molecule has 2 aromatic heterocycles. The minimum absolute atomic E-state index is 0.181. The third-order valence-electron chi connectivity index (χ3n) is 4.68. The van der Waals surface area contributed by atoms with Gasteiger partial charge in [0.2, 0.25) is 0 Å². The van der Waals surface area contributed by atoms with Crippen LogP contribution in [0.15, 0.2) is 41.8 Å². The maximum Gasteiger partial charge on any atom is 0.270 e. The Labute approximate surface area is 183 Å². The summed E-state index contributed by atoms with van der Waals surface area (Å²) in [5, 5.41) is 10.5. The Morgan fingerprint density at radius 3 is 2.72 bits per heavy atom. The number of ether oxygens (including phenoxy) is 1. The summed E-state index contributed by atoms with van der Waals surface area (Å²) in [7, 11) is 0. The molecular weight excluding hydrogens is 431 g/mol. The van der Waals surface area contributed by atoms with Gasteiger partial charge in [-0.1, -0.05) is 29.3 Å². The molecule has 0 atom stereocenters. The lowest BCUT2D eigenvalue weighted by Crippen LogP contribution is -2.41. The van der Waals surface area contributed by atoms with Gasteiger partial charge in [0.15, 0.2) is 0 Å². The lowest BCUT2D eigenvalue weighted by molar-refractivity contribution is 0.0383. The van der Waals surface area contributed by atoms with Crippen molar-refractivity contribution >= 4 is 40.4 Å². The Hall–Kier alpha value is -1.90.